The van der Waals surface area contributed by atoms with Crippen LogP contribution in [0.3, 0.4) is 0 Å². The highest BCUT2D eigenvalue weighted by atomic mass is 16.5. The maximum Gasteiger partial charge on any atom is 0.337 e. The number of benzene rings is 2. The van der Waals surface area contributed by atoms with Crippen molar-refractivity contribution in [3.63, 3.8) is 0 Å². The number of esters is 1. The van der Waals surface area contributed by atoms with Crippen LogP contribution in [0, 0.1) is 6.92 Å². The van der Waals surface area contributed by atoms with Crippen LogP contribution in [0.1, 0.15) is 21.6 Å². The monoisotopic (exact) mass is 280 g/mol. The lowest BCUT2D eigenvalue weighted by Crippen LogP contribution is -2.04. The Balaban J connectivity index is 2.07. The predicted molar refractivity (Wildman–Crippen MR) is 81.4 cm³/mol. The number of aryl methyl sites for hydroxylation is 1. The average molecular weight is 280 g/mol. The molecule has 1 aromatic heterocycles. The van der Waals surface area contributed by atoms with Gasteiger partial charge in [0.05, 0.1) is 30.4 Å². The highest BCUT2D eigenvalue weighted by molar-refractivity contribution is 5.95. The first-order valence-electron chi connectivity index (χ1n) is 6.78. The summed E-state index contributed by atoms with van der Waals surface area (Å²) in [5.74, 6) is -0.331. The molecule has 0 aliphatic rings. The van der Waals surface area contributed by atoms with Gasteiger partial charge in [-0.25, -0.2) is 4.79 Å². The number of fused-ring (bicyclic) bond motifs is 1. The zero-order valence-electron chi connectivity index (χ0n) is 12.0. The third-order valence-corrected chi connectivity index (χ3v) is 3.53. The van der Waals surface area contributed by atoms with E-state index < -0.39 is 0 Å². The number of carbonyl (C=O) groups excluding carboxylic acids is 1. The number of ether oxygens (including phenoxy) is 1. The van der Waals surface area contributed by atoms with Gasteiger partial charge in [0.25, 0.3) is 0 Å². The van der Waals surface area contributed by atoms with Crippen molar-refractivity contribution in [1.29, 1.82) is 0 Å². The van der Waals surface area contributed by atoms with E-state index in [1.807, 2.05) is 41.9 Å². The standard InChI is InChI=1S/C17H16N2O2/c1-12-15-9-8-14(17(20)21-2)10-16(15)19(18-12)11-13-6-4-3-5-7-13/h3-10H,11H2,1-2H3. The fourth-order valence-electron chi connectivity index (χ4n) is 2.46. The van der Waals surface area contributed by atoms with Gasteiger partial charge in [-0.2, -0.15) is 5.10 Å². The van der Waals surface area contributed by atoms with E-state index in [1.165, 1.54) is 12.7 Å². The molecule has 0 N–H and O–H groups in total. The van der Waals surface area contributed by atoms with Crippen LogP contribution in [-0.4, -0.2) is 22.9 Å². The lowest BCUT2D eigenvalue weighted by Gasteiger charge is -2.05. The highest BCUT2D eigenvalue weighted by Gasteiger charge is 2.12. The molecule has 0 amide bonds. The third-order valence-electron chi connectivity index (χ3n) is 3.53. The molecule has 3 rings (SSSR count). The Morgan fingerprint density at radius 3 is 2.67 bits per heavy atom. The van der Waals surface area contributed by atoms with Crippen molar-refractivity contribution >= 4 is 16.9 Å². The SMILES string of the molecule is COC(=O)c1ccc2c(C)nn(Cc3ccccc3)c2c1. The molecule has 0 spiro atoms. The topological polar surface area (TPSA) is 44.1 Å². The fourth-order valence-corrected chi connectivity index (χ4v) is 2.46. The molecule has 0 saturated heterocycles. The van der Waals surface area contributed by atoms with E-state index in [0.717, 1.165) is 16.6 Å². The minimum Gasteiger partial charge on any atom is -0.465 e. The Kier molecular flexibility index (Phi) is 3.44. The molecule has 0 unspecified atom stereocenters. The lowest BCUT2D eigenvalue weighted by molar-refractivity contribution is 0.0601. The summed E-state index contributed by atoms with van der Waals surface area (Å²) in [5.41, 5.74) is 3.61. The normalized spacial score (nSPS) is 10.8. The Bertz CT molecular complexity index is 791. The van der Waals surface area contributed by atoms with Crippen LogP contribution in [0.4, 0.5) is 0 Å². The van der Waals surface area contributed by atoms with Crippen LogP contribution in [0.15, 0.2) is 48.5 Å². The van der Waals surface area contributed by atoms with Crippen molar-refractivity contribution in [2.45, 2.75) is 13.5 Å². The molecule has 0 aliphatic heterocycles. The molecule has 1 heterocycles. The van der Waals surface area contributed by atoms with Crippen LogP contribution in [0.25, 0.3) is 10.9 Å². The quantitative estimate of drug-likeness (QED) is 0.692. The molecular weight excluding hydrogens is 264 g/mol. The number of aromatic nitrogens is 2. The van der Waals surface area contributed by atoms with E-state index in [1.54, 1.807) is 6.07 Å². The molecule has 21 heavy (non-hydrogen) atoms. The Hall–Kier alpha value is -2.62. The molecule has 0 radical (unpaired) electrons. The van der Waals surface area contributed by atoms with E-state index in [-0.39, 0.29) is 5.97 Å². The van der Waals surface area contributed by atoms with Gasteiger partial charge in [0.1, 0.15) is 0 Å². The number of hydrogen-bond donors (Lipinski definition) is 0. The fraction of sp³-hybridized carbons (Fsp3) is 0.176. The second kappa shape index (κ2) is 5.40. The Labute approximate surface area is 123 Å². The Morgan fingerprint density at radius 1 is 1.19 bits per heavy atom. The van der Waals surface area contributed by atoms with E-state index in [4.69, 9.17) is 4.74 Å². The van der Waals surface area contributed by atoms with Gasteiger partial charge in [-0.1, -0.05) is 36.4 Å². The molecule has 4 nitrogen and oxygen atoms in total. The average Bonchev–Trinajstić information content (AvgIpc) is 2.83. The van der Waals surface area contributed by atoms with Crippen LogP contribution in [0.2, 0.25) is 0 Å². The van der Waals surface area contributed by atoms with E-state index in [0.29, 0.717) is 12.1 Å². The van der Waals surface area contributed by atoms with Gasteiger partial charge in [0.15, 0.2) is 0 Å². The third kappa shape index (κ3) is 2.52. The molecule has 0 aliphatic carbocycles. The molecule has 3 aromatic rings. The van der Waals surface area contributed by atoms with E-state index in [2.05, 4.69) is 17.2 Å². The first kappa shape index (κ1) is 13.4. The van der Waals surface area contributed by atoms with Crippen molar-refractivity contribution < 1.29 is 9.53 Å². The van der Waals surface area contributed by atoms with Crippen molar-refractivity contribution in [1.82, 2.24) is 9.78 Å². The highest BCUT2D eigenvalue weighted by Crippen LogP contribution is 2.21. The second-order valence-corrected chi connectivity index (χ2v) is 4.95. The van der Waals surface area contributed by atoms with Gasteiger partial charge < -0.3 is 4.74 Å². The van der Waals surface area contributed by atoms with Gasteiger partial charge in [0.2, 0.25) is 0 Å². The van der Waals surface area contributed by atoms with Crippen molar-refractivity contribution in [3.05, 3.63) is 65.4 Å². The van der Waals surface area contributed by atoms with Crippen molar-refractivity contribution in [2.24, 2.45) is 0 Å². The lowest BCUT2D eigenvalue weighted by atomic mass is 10.1. The van der Waals surface area contributed by atoms with Crippen LogP contribution in [0.5, 0.6) is 0 Å². The molecular formula is C17H16N2O2. The summed E-state index contributed by atoms with van der Waals surface area (Å²) in [6, 6.07) is 15.7. The minimum absolute atomic E-state index is 0.331. The predicted octanol–water partition coefficient (Wildman–Crippen LogP) is 3.18. The molecule has 0 fully saturated rings. The zero-order chi connectivity index (χ0) is 14.8. The first-order valence-corrected chi connectivity index (χ1v) is 6.78. The summed E-state index contributed by atoms with van der Waals surface area (Å²) < 4.78 is 6.70. The van der Waals surface area contributed by atoms with Gasteiger partial charge in [-0.3, -0.25) is 4.68 Å². The maximum absolute atomic E-state index is 11.7. The van der Waals surface area contributed by atoms with Crippen LogP contribution < -0.4 is 0 Å². The number of methoxy groups -OCH3 is 1. The van der Waals surface area contributed by atoms with Crippen LogP contribution in [-0.2, 0) is 11.3 Å². The van der Waals surface area contributed by atoms with E-state index in [9.17, 15) is 4.79 Å². The van der Waals surface area contributed by atoms with E-state index >= 15 is 0 Å². The summed E-state index contributed by atoms with van der Waals surface area (Å²) in [6.07, 6.45) is 0. The molecule has 0 saturated carbocycles. The largest absolute Gasteiger partial charge is 0.465 e. The Morgan fingerprint density at radius 2 is 1.95 bits per heavy atom. The van der Waals surface area contributed by atoms with Gasteiger partial charge in [-0.05, 0) is 24.6 Å². The molecule has 0 bridgehead atoms. The summed E-state index contributed by atoms with van der Waals surface area (Å²) >= 11 is 0. The summed E-state index contributed by atoms with van der Waals surface area (Å²) in [6.45, 7) is 2.65. The first-order chi connectivity index (χ1) is 10.2. The minimum atomic E-state index is -0.331. The second-order valence-electron chi connectivity index (χ2n) is 4.95. The number of nitrogens with zero attached hydrogens (tertiary/aromatic N) is 2. The van der Waals surface area contributed by atoms with Gasteiger partial charge in [0, 0.05) is 5.39 Å². The maximum atomic E-state index is 11.7. The summed E-state index contributed by atoms with van der Waals surface area (Å²) in [4.78, 5) is 11.7. The number of rotatable bonds is 3. The van der Waals surface area contributed by atoms with Gasteiger partial charge >= 0.3 is 5.97 Å². The molecule has 106 valence electrons. The summed E-state index contributed by atoms with van der Waals surface area (Å²) in [5, 5.41) is 5.63. The molecule has 4 heteroatoms. The van der Waals surface area contributed by atoms with Crippen molar-refractivity contribution in [2.75, 3.05) is 7.11 Å². The molecule has 0 atom stereocenters. The smallest absolute Gasteiger partial charge is 0.337 e. The van der Waals surface area contributed by atoms with Crippen molar-refractivity contribution in [3.8, 4) is 0 Å². The number of hydrogen-bond acceptors (Lipinski definition) is 3. The summed E-state index contributed by atoms with van der Waals surface area (Å²) in [7, 11) is 1.39. The van der Waals surface area contributed by atoms with Crippen LogP contribution >= 0.6 is 0 Å². The number of carbonyl (C=O) groups is 1. The van der Waals surface area contributed by atoms with Gasteiger partial charge in [-0.15, -0.1) is 0 Å². The molecule has 2 aromatic carbocycles. The zero-order valence-corrected chi connectivity index (χ0v) is 12.0.